The van der Waals surface area contributed by atoms with Gasteiger partial charge in [0.05, 0.1) is 5.69 Å². The standard InChI is InChI=1S/C19H17F3N4O2/c20-19(21,22)13-28-18-23-11-15(12-24-18)16-8-9-17(27)26(25-16)10-4-7-14-5-2-1-3-6-14/h1-3,5-6,8-9,11-12H,4,7,10,13H2. The second-order valence-electron chi connectivity index (χ2n) is 6.03. The monoisotopic (exact) mass is 390 g/mol. The third-order valence-corrected chi connectivity index (χ3v) is 3.83. The molecule has 3 aromatic rings. The van der Waals surface area contributed by atoms with E-state index in [0.29, 0.717) is 17.8 Å². The second kappa shape index (κ2) is 8.64. The molecule has 28 heavy (non-hydrogen) atoms. The maximum Gasteiger partial charge on any atom is 0.422 e. The summed E-state index contributed by atoms with van der Waals surface area (Å²) in [5.74, 6) is 0. The van der Waals surface area contributed by atoms with E-state index in [0.717, 1.165) is 12.8 Å². The first-order chi connectivity index (χ1) is 13.4. The molecule has 0 spiro atoms. The van der Waals surface area contributed by atoms with Gasteiger partial charge in [-0.05, 0) is 24.5 Å². The Bertz CT molecular complexity index is 957. The SMILES string of the molecule is O=c1ccc(-c2cnc(OCC(F)(F)F)nc2)nn1CCCc1ccccc1. The van der Waals surface area contributed by atoms with Crippen LogP contribution < -0.4 is 10.3 Å². The van der Waals surface area contributed by atoms with Gasteiger partial charge in [-0.15, -0.1) is 0 Å². The molecular formula is C19H17F3N4O2. The van der Waals surface area contributed by atoms with Crippen LogP contribution in [0.2, 0.25) is 0 Å². The smallest absolute Gasteiger partial charge is 0.422 e. The van der Waals surface area contributed by atoms with E-state index in [-0.39, 0.29) is 11.6 Å². The number of aromatic nitrogens is 4. The molecule has 0 fully saturated rings. The fraction of sp³-hybridized carbons (Fsp3) is 0.263. The van der Waals surface area contributed by atoms with Crippen LogP contribution in [0, 0.1) is 0 Å². The Morgan fingerprint density at radius 1 is 1.00 bits per heavy atom. The fourth-order valence-corrected chi connectivity index (χ4v) is 2.51. The summed E-state index contributed by atoms with van der Waals surface area (Å²) < 4.78 is 42.3. The molecule has 0 aliphatic heterocycles. The first-order valence-electron chi connectivity index (χ1n) is 8.55. The first-order valence-corrected chi connectivity index (χ1v) is 8.55. The van der Waals surface area contributed by atoms with Crippen LogP contribution in [0.1, 0.15) is 12.0 Å². The summed E-state index contributed by atoms with van der Waals surface area (Å²) in [6, 6.07) is 12.4. The number of nitrogens with zero attached hydrogens (tertiary/aromatic N) is 4. The highest BCUT2D eigenvalue weighted by Crippen LogP contribution is 2.18. The molecule has 0 saturated heterocycles. The van der Waals surface area contributed by atoms with Gasteiger partial charge in [-0.1, -0.05) is 30.3 Å². The number of hydrogen-bond acceptors (Lipinski definition) is 5. The van der Waals surface area contributed by atoms with E-state index in [9.17, 15) is 18.0 Å². The van der Waals surface area contributed by atoms with Gasteiger partial charge in [0.25, 0.3) is 5.56 Å². The third-order valence-electron chi connectivity index (χ3n) is 3.83. The Hall–Kier alpha value is -3.23. The molecule has 2 aromatic heterocycles. The van der Waals surface area contributed by atoms with E-state index in [1.54, 1.807) is 0 Å². The van der Waals surface area contributed by atoms with Crippen LogP contribution in [0.3, 0.4) is 0 Å². The average Bonchev–Trinajstić information content (AvgIpc) is 2.68. The molecular weight excluding hydrogens is 373 g/mol. The molecule has 6 nitrogen and oxygen atoms in total. The van der Waals surface area contributed by atoms with Crippen molar-refractivity contribution in [3.63, 3.8) is 0 Å². The second-order valence-corrected chi connectivity index (χ2v) is 6.03. The minimum Gasteiger partial charge on any atom is -0.454 e. The number of aryl methyl sites for hydroxylation is 2. The van der Waals surface area contributed by atoms with Gasteiger partial charge in [0.2, 0.25) is 0 Å². The Morgan fingerprint density at radius 3 is 2.39 bits per heavy atom. The third kappa shape index (κ3) is 5.63. The zero-order valence-electron chi connectivity index (χ0n) is 14.8. The predicted molar refractivity (Wildman–Crippen MR) is 95.8 cm³/mol. The van der Waals surface area contributed by atoms with Crippen molar-refractivity contribution in [1.29, 1.82) is 0 Å². The molecule has 0 atom stereocenters. The average molecular weight is 390 g/mol. The zero-order chi connectivity index (χ0) is 20.0. The Labute approximate surface area is 158 Å². The molecule has 0 amide bonds. The van der Waals surface area contributed by atoms with Crippen molar-refractivity contribution >= 4 is 0 Å². The Kier molecular flexibility index (Phi) is 6.03. The summed E-state index contributed by atoms with van der Waals surface area (Å²) in [6.45, 7) is -1.02. The van der Waals surface area contributed by atoms with Crippen LogP contribution in [-0.4, -0.2) is 32.5 Å². The maximum absolute atomic E-state index is 12.2. The number of alkyl halides is 3. The number of benzene rings is 1. The first kappa shape index (κ1) is 19.5. The van der Waals surface area contributed by atoms with Crippen molar-refractivity contribution in [2.75, 3.05) is 6.61 Å². The summed E-state index contributed by atoms with van der Waals surface area (Å²) in [4.78, 5) is 19.5. The molecule has 0 N–H and O–H groups in total. The summed E-state index contributed by atoms with van der Waals surface area (Å²) in [5, 5.41) is 4.29. The van der Waals surface area contributed by atoms with Gasteiger partial charge < -0.3 is 4.74 Å². The van der Waals surface area contributed by atoms with E-state index in [1.807, 2.05) is 30.3 Å². The van der Waals surface area contributed by atoms with E-state index in [2.05, 4.69) is 19.8 Å². The van der Waals surface area contributed by atoms with E-state index < -0.39 is 12.8 Å². The minimum absolute atomic E-state index is 0.233. The van der Waals surface area contributed by atoms with Crippen LogP contribution in [0.4, 0.5) is 13.2 Å². The lowest BCUT2D eigenvalue weighted by molar-refractivity contribution is -0.154. The largest absolute Gasteiger partial charge is 0.454 e. The maximum atomic E-state index is 12.2. The zero-order valence-corrected chi connectivity index (χ0v) is 14.8. The predicted octanol–water partition coefficient (Wildman–Crippen LogP) is 3.27. The molecule has 0 aliphatic rings. The van der Waals surface area contributed by atoms with Crippen molar-refractivity contribution in [2.24, 2.45) is 0 Å². The van der Waals surface area contributed by atoms with Gasteiger partial charge in [0.1, 0.15) is 0 Å². The molecule has 0 bridgehead atoms. The highest BCUT2D eigenvalue weighted by Gasteiger charge is 2.28. The summed E-state index contributed by atoms with van der Waals surface area (Å²) in [5.41, 5.74) is 1.86. The summed E-state index contributed by atoms with van der Waals surface area (Å²) >= 11 is 0. The highest BCUT2D eigenvalue weighted by atomic mass is 19.4. The van der Waals surface area contributed by atoms with E-state index in [4.69, 9.17) is 0 Å². The molecule has 0 saturated carbocycles. The van der Waals surface area contributed by atoms with E-state index in [1.165, 1.54) is 34.8 Å². The van der Waals surface area contributed by atoms with Crippen molar-refractivity contribution in [2.45, 2.75) is 25.6 Å². The normalized spacial score (nSPS) is 11.4. The van der Waals surface area contributed by atoms with Gasteiger partial charge in [-0.3, -0.25) is 4.79 Å². The summed E-state index contributed by atoms with van der Waals surface area (Å²) in [6.07, 6.45) is -0.298. The van der Waals surface area contributed by atoms with Crippen LogP contribution >= 0.6 is 0 Å². The van der Waals surface area contributed by atoms with Gasteiger partial charge in [-0.25, -0.2) is 14.6 Å². The van der Waals surface area contributed by atoms with Crippen molar-refractivity contribution in [3.05, 3.63) is 70.8 Å². The number of halogens is 3. The lowest BCUT2D eigenvalue weighted by atomic mass is 10.1. The molecule has 3 rings (SSSR count). The van der Waals surface area contributed by atoms with Crippen LogP contribution in [-0.2, 0) is 13.0 Å². The molecule has 0 radical (unpaired) electrons. The van der Waals surface area contributed by atoms with Crippen molar-refractivity contribution in [1.82, 2.24) is 19.7 Å². The number of hydrogen-bond donors (Lipinski definition) is 0. The van der Waals surface area contributed by atoms with Crippen molar-refractivity contribution in [3.8, 4) is 17.3 Å². The van der Waals surface area contributed by atoms with E-state index >= 15 is 0 Å². The molecule has 0 aliphatic carbocycles. The van der Waals surface area contributed by atoms with Crippen LogP contribution in [0.15, 0.2) is 59.7 Å². The number of ether oxygens (including phenoxy) is 1. The van der Waals surface area contributed by atoms with Gasteiger partial charge in [0, 0.05) is 30.6 Å². The van der Waals surface area contributed by atoms with Gasteiger partial charge in [0.15, 0.2) is 6.61 Å². The lowest BCUT2D eigenvalue weighted by Crippen LogP contribution is -2.22. The van der Waals surface area contributed by atoms with Crippen LogP contribution in [0.25, 0.3) is 11.3 Å². The molecule has 1 aromatic carbocycles. The lowest BCUT2D eigenvalue weighted by Gasteiger charge is -2.09. The van der Waals surface area contributed by atoms with Gasteiger partial charge >= 0.3 is 12.2 Å². The Balaban J connectivity index is 1.66. The Morgan fingerprint density at radius 2 is 1.71 bits per heavy atom. The topological polar surface area (TPSA) is 69.9 Å². The quantitative estimate of drug-likeness (QED) is 0.619. The minimum atomic E-state index is -4.46. The fourth-order valence-electron chi connectivity index (χ4n) is 2.51. The van der Waals surface area contributed by atoms with Gasteiger partial charge in [-0.2, -0.15) is 18.3 Å². The highest BCUT2D eigenvalue weighted by molar-refractivity contribution is 5.55. The molecule has 146 valence electrons. The van der Waals surface area contributed by atoms with Crippen molar-refractivity contribution < 1.29 is 17.9 Å². The molecule has 0 unspecified atom stereocenters. The van der Waals surface area contributed by atoms with Crippen LogP contribution in [0.5, 0.6) is 6.01 Å². The summed E-state index contributed by atoms with van der Waals surface area (Å²) in [7, 11) is 0. The molecule has 9 heteroatoms. The number of rotatable bonds is 7. The molecule has 2 heterocycles.